The van der Waals surface area contributed by atoms with Crippen LogP contribution in [0.25, 0.3) is 0 Å². The number of nitrogens with two attached hydrogens (primary N) is 1. The Balaban J connectivity index is 0.000000208. The maximum Gasteiger partial charge on any atom is 0.333 e. The number of methoxy groups -OCH3 is 1. The van der Waals surface area contributed by atoms with Crippen LogP contribution in [0.1, 0.15) is 38.7 Å². The zero-order chi connectivity index (χ0) is 22.0. The maximum atomic E-state index is 11.9. The number of Topliss-reactive ketones (excluding diaryl/α,β-unsaturated/α-hetero) is 1. The second-order valence-electron chi connectivity index (χ2n) is 8.40. The summed E-state index contributed by atoms with van der Waals surface area (Å²) in [5, 5.41) is 8.74. The van der Waals surface area contributed by atoms with Crippen molar-refractivity contribution in [2.24, 2.45) is 16.7 Å². The summed E-state index contributed by atoms with van der Waals surface area (Å²) < 4.78 is 35.8. The number of hydrogen-bond acceptors (Lipinski definition) is 6. The van der Waals surface area contributed by atoms with Gasteiger partial charge >= 0.3 is 5.97 Å². The minimum Gasteiger partial charge on any atom is -0.479 e. The number of carboxylic acid groups (broad SMARTS) is 1. The number of ether oxygens (including phenoxy) is 1. The van der Waals surface area contributed by atoms with E-state index in [-0.39, 0.29) is 17.1 Å². The second kappa shape index (κ2) is 8.41. The van der Waals surface area contributed by atoms with Crippen LogP contribution in [0, 0.1) is 16.7 Å². The van der Waals surface area contributed by atoms with Gasteiger partial charge in [0.2, 0.25) is 0 Å². The van der Waals surface area contributed by atoms with Gasteiger partial charge in [0.25, 0.3) is 10.1 Å². The van der Waals surface area contributed by atoms with Crippen molar-refractivity contribution >= 4 is 27.6 Å². The van der Waals surface area contributed by atoms with Crippen LogP contribution in [0.3, 0.4) is 0 Å². The van der Waals surface area contributed by atoms with Crippen LogP contribution in [0.4, 0.5) is 5.69 Å². The van der Waals surface area contributed by atoms with Gasteiger partial charge in [-0.2, -0.15) is 8.42 Å². The smallest absolute Gasteiger partial charge is 0.333 e. The van der Waals surface area contributed by atoms with Gasteiger partial charge in [0.05, 0.1) is 11.2 Å². The van der Waals surface area contributed by atoms with E-state index in [9.17, 15) is 18.0 Å². The molecule has 3 rings (SSSR count). The van der Waals surface area contributed by atoms with E-state index in [0.717, 1.165) is 12.0 Å². The molecule has 0 aromatic heterocycles. The van der Waals surface area contributed by atoms with E-state index in [1.165, 1.54) is 7.11 Å². The Morgan fingerprint density at radius 2 is 1.90 bits per heavy atom. The monoisotopic (exact) mass is 427 g/mol. The highest BCUT2D eigenvalue weighted by atomic mass is 32.2. The first-order valence-electron chi connectivity index (χ1n) is 9.41. The largest absolute Gasteiger partial charge is 0.479 e. The standard InChI is InChI=1S/C10H13NO3.C10H16O4S/c1-14-9(10(12)13)6-7-2-4-8(11)5-3-7;1-9(2)7-3-4-10(9,8(11)5-7)6-15(12,13)14/h2-5,9H,6,11H2,1H3,(H,12,13);7H,3-6H2,1-2H3,(H,12,13,14)/t9-;/m0./s1. The molecule has 2 bridgehead atoms. The third-order valence-corrected chi connectivity index (χ3v) is 7.39. The van der Waals surface area contributed by atoms with Crippen LogP contribution < -0.4 is 5.73 Å². The number of aliphatic carboxylic acids is 1. The first kappa shape index (κ1) is 23.3. The number of hydrogen-bond donors (Lipinski definition) is 3. The lowest BCUT2D eigenvalue weighted by Crippen LogP contribution is -2.42. The molecule has 1 aromatic rings. The topological polar surface area (TPSA) is 144 Å². The molecule has 2 unspecified atom stereocenters. The Kier molecular flexibility index (Phi) is 6.76. The van der Waals surface area contributed by atoms with Crippen LogP contribution in [0.5, 0.6) is 0 Å². The van der Waals surface area contributed by atoms with Crippen molar-refractivity contribution in [1.29, 1.82) is 0 Å². The SMILES string of the molecule is CC1(C)C2CCC1(CS(=O)(=O)O)C(=O)C2.CO[C@@H](Cc1ccc(N)cc1)C(=O)O. The molecule has 2 aliphatic rings. The third-order valence-electron chi connectivity index (χ3n) is 6.53. The molecule has 2 saturated carbocycles. The number of fused-ring (bicyclic) bond motifs is 2. The van der Waals surface area contributed by atoms with Crippen LogP contribution in [-0.4, -0.2) is 48.8 Å². The Morgan fingerprint density at radius 3 is 2.28 bits per heavy atom. The molecular formula is C20H29NO7S. The molecule has 1 aromatic carbocycles. The number of carboxylic acids is 1. The number of rotatable bonds is 6. The summed E-state index contributed by atoms with van der Waals surface area (Å²) in [4.78, 5) is 22.5. The quantitative estimate of drug-likeness (QED) is 0.463. The minimum absolute atomic E-state index is 0.0152. The normalized spacial score (nSPS) is 25.9. The minimum atomic E-state index is -4.08. The molecule has 0 spiro atoms. The summed E-state index contributed by atoms with van der Waals surface area (Å²) in [5.74, 6) is -1.06. The average Bonchev–Trinajstić information content (AvgIpc) is 2.94. The van der Waals surface area contributed by atoms with Crippen molar-refractivity contribution < 1.29 is 32.4 Å². The number of carbonyl (C=O) groups excluding carboxylic acids is 1. The van der Waals surface area contributed by atoms with Gasteiger partial charge in [0.1, 0.15) is 5.78 Å². The zero-order valence-corrected chi connectivity index (χ0v) is 17.7. The Bertz CT molecular complexity index is 863. The molecule has 0 saturated heterocycles. The zero-order valence-electron chi connectivity index (χ0n) is 16.9. The average molecular weight is 428 g/mol. The lowest BCUT2D eigenvalue weighted by atomic mass is 9.70. The summed E-state index contributed by atoms with van der Waals surface area (Å²) in [6.45, 7) is 3.89. The molecule has 4 N–H and O–H groups in total. The molecule has 0 radical (unpaired) electrons. The van der Waals surface area contributed by atoms with Gasteiger partial charge in [-0.3, -0.25) is 9.35 Å². The lowest BCUT2D eigenvalue weighted by Gasteiger charge is -2.35. The summed E-state index contributed by atoms with van der Waals surface area (Å²) in [6.07, 6.45) is 1.53. The first-order chi connectivity index (χ1) is 13.3. The fourth-order valence-corrected chi connectivity index (χ4v) is 5.86. The molecule has 0 amide bonds. The number of anilines is 1. The highest BCUT2D eigenvalue weighted by Gasteiger charge is 2.65. The van der Waals surface area contributed by atoms with Crippen molar-refractivity contribution in [3.8, 4) is 0 Å². The molecule has 9 heteroatoms. The fraction of sp³-hybridized carbons (Fsp3) is 0.600. The lowest BCUT2D eigenvalue weighted by molar-refractivity contribution is -0.148. The van der Waals surface area contributed by atoms with Gasteiger partial charge in [-0.1, -0.05) is 26.0 Å². The van der Waals surface area contributed by atoms with Gasteiger partial charge < -0.3 is 15.6 Å². The fourth-order valence-electron chi connectivity index (χ4n) is 4.56. The first-order valence-corrected chi connectivity index (χ1v) is 11.0. The highest BCUT2D eigenvalue weighted by Crippen LogP contribution is 2.64. The van der Waals surface area contributed by atoms with Gasteiger partial charge in [-0.05, 0) is 41.9 Å². The van der Waals surface area contributed by atoms with Crippen molar-refractivity contribution in [2.75, 3.05) is 18.6 Å². The van der Waals surface area contributed by atoms with Crippen LogP contribution in [0.15, 0.2) is 24.3 Å². The summed E-state index contributed by atoms with van der Waals surface area (Å²) in [5.41, 5.74) is 5.94. The van der Waals surface area contributed by atoms with Crippen molar-refractivity contribution in [1.82, 2.24) is 0 Å². The predicted octanol–water partition coefficient (Wildman–Crippen LogP) is 2.18. The van der Waals surface area contributed by atoms with Gasteiger partial charge in [0.15, 0.2) is 6.10 Å². The van der Waals surface area contributed by atoms with Gasteiger partial charge in [-0.15, -0.1) is 0 Å². The molecule has 29 heavy (non-hydrogen) atoms. The number of nitrogen functional groups attached to an aromatic ring is 1. The molecule has 2 aliphatic carbocycles. The van der Waals surface area contributed by atoms with Crippen LogP contribution >= 0.6 is 0 Å². The van der Waals surface area contributed by atoms with E-state index >= 15 is 0 Å². The van der Waals surface area contributed by atoms with E-state index in [0.29, 0.717) is 24.9 Å². The van der Waals surface area contributed by atoms with Crippen molar-refractivity contribution in [3.05, 3.63) is 29.8 Å². The summed E-state index contributed by atoms with van der Waals surface area (Å²) >= 11 is 0. The molecular weight excluding hydrogens is 398 g/mol. The molecule has 8 nitrogen and oxygen atoms in total. The molecule has 0 heterocycles. The van der Waals surface area contributed by atoms with Crippen LogP contribution in [-0.2, 0) is 30.9 Å². The molecule has 3 atom stereocenters. The van der Waals surface area contributed by atoms with E-state index in [2.05, 4.69) is 0 Å². The second-order valence-corrected chi connectivity index (χ2v) is 9.85. The van der Waals surface area contributed by atoms with Gasteiger partial charge in [-0.25, -0.2) is 4.79 Å². The summed E-state index contributed by atoms with van der Waals surface area (Å²) in [6, 6.07) is 7.07. The van der Waals surface area contributed by atoms with E-state index in [1.807, 2.05) is 13.8 Å². The van der Waals surface area contributed by atoms with Crippen LogP contribution in [0.2, 0.25) is 0 Å². The van der Waals surface area contributed by atoms with E-state index in [1.54, 1.807) is 24.3 Å². The van der Waals surface area contributed by atoms with Crippen molar-refractivity contribution in [3.63, 3.8) is 0 Å². The Labute approximate surface area is 171 Å². The number of ketones is 1. The number of benzene rings is 1. The van der Waals surface area contributed by atoms with Gasteiger partial charge in [0, 0.05) is 25.6 Å². The summed E-state index contributed by atoms with van der Waals surface area (Å²) in [7, 11) is -2.69. The molecule has 2 fully saturated rings. The number of carbonyl (C=O) groups is 2. The maximum absolute atomic E-state index is 11.9. The Morgan fingerprint density at radius 1 is 1.31 bits per heavy atom. The van der Waals surface area contributed by atoms with E-state index in [4.69, 9.17) is 20.1 Å². The predicted molar refractivity (Wildman–Crippen MR) is 108 cm³/mol. The van der Waals surface area contributed by atoms with E-state index < -0.39 is 33.4 Å². The molecule has 0 aliphatic heterocycles. The Hall–Kier alpha value is -1.97. The highest BCUT2D eigenvalue weighted by molar-refractivity contribution is 7.85. The van der Waals surface area contributed by atoms with Crippen molar-refractivity contribution in [2.45, 2.75) is 45.6 Å². The third kappa shape index (κ3) is 4.96. The molecule has 162 valence electrons.